The third kappa shape index (κ3) is 4.17. The number of hydrogen-bond donors (Lipinski definition) is 1. The van der Waals surface area contributed by atoms with Gasteiger partial charge in [-0.2, -0.15) is 0 Å². The molecule has 5 heteroatoms. The fraction of sp³-hybridized carbons (Fsp3) is 0.360. The zero-order valence-corrected chi connectivity index (χ0v) is 17.0. The number of hydrogen-bond acceptors (Lipinski definition) is 4. The molecule has 2 aliphatic rings. The summed E-state index contributed by atoms with van der Waals surface area (Å²) in [7, 11) is 0. The molecule has 1 aliphatic heterocycles. The lowest BCUT2D eigenvalue weighted by Crippen LogP contribution is -2.26. The fourth-order valence-electron chi connectivity index (χ4n) is 3.98. The van der Waals surface area contributed by atoms with E-state index in [0.717, 1.165) is 48.9 Å². The van der Waals surface area contributed by atoms with E-state index in [1.165, 1.54) is 6.42 Å². The van der Waals surface area contributed by atoms with Crippen molar-refractivity contribution in [1.29, 1.82) is 0 Å². The van der Waals surface area contributed by atoms with Crippen LogP contribution in [0.15, 0.2) is 54.6 Å². The molecule has 0 spiro atoms. The van der Waals surface area contributed by atoms with E-state index in [9.17, 15) is 4.79 Å². The number of amides is 1. The largest absolute Gasteiger partial charge is 0.489 e. The van der Waals surface area contributed by atoms with E-state index in [2.05, 4.69) is 5.32 Å². The maximum absolute atomic E-state index is 13.3. The van der Waals surface area contributed by atoms with Gasteiger partial charge in [0.25, 0.3) is 5.91 Å². The molecular weight excluding hydrogens is 376 g/mol. The van der Waals surface area contributed by atoms with Crippen molar-refractivity contribution >= 4 is 22.5 Å². The molecule has 1 N–H and O–H groups in total. The van der Waals surface area contributed by atoms with E-state index in [-0.39, 0.29) is 12.0 Å². The van der Waals surface area contributed by atoms with Crippen LogP contribution in [0.5, 0.6) is 5.75 Å². The standard InChI is InChI=1S/C25H26N2O3/c28-25(20-15-23(17-12-13-17)26-21-9-2-1-8-19(20)21)27-22-10-3-4-11-24(22)30-16-18-7-5-6-14-29-18/h1-4,8-11,15,17-18H,5-7,12-14,16H2,(H,27,28). The van der Waals surface area contributed by atoms with E-state index in [4.69, 9.17) is 14.5 Å². The second-order valence-corrected chi connectivity index (χ2v) is 8.14. The van der Waals surface area contributed by atoms with Gasteiger partial charge >= 0.3 is 0 Å². The zero-order chi connectivity index (χ0) is 20.3. The van der Waals surface area contributed by atoms with Crippen molar-refractivity contribution in [3.8, 4) is 5.75 Å². The van der Waals surface area contributed by atoms with Gasteiger partial charge in [-0.1, -0.05) is 30.3 Å². The number of carbonyl (C=O) groups is 1. The molecule has 2 fully saturated rings. The number of pyridine rings is 1. The van der Waals surface area contributed by atoms with Gasteiger partial charge in [-0.3, -0.25) is 9.78 Å². The van der Waals surface area contributed by atoms with Gasteiger partial charge in [-0.05, 0) is 56.4 Å². The average molecular weight is 402 g/mol. The minimum Gasteiger partial charge on any atom is -0.489 e. The highest BCUT2D eigenvalue weighted by Crippen LogP contribution is 2.40. The third-order valence-electron chi connectivity index (χ3n) is 5.81. The maximum atomic E-state index is 13.3. The molecule has 2 heterocycles. The SMILES string of the molecule is O=C(Nc1ccccc1OCC1CCCCO1)c1cc(C2CC2)nc2ccccc12. The first-order valence-corrected chi connectivity index (χ1v) is 10.8. The number of fused-ring (bicyclic) bond motifs is 1. The van der Waals surface area contributed by atoms with Crippen LogP contribution in [0, 0.1) is 0 Å². The number of aromatic nitrogens is 1. The highest BCUT2D eigenvalue weighted by Gasteiger charge is 2.27. The van der Waals surface area contributed by atoms with Crippen LogP contribution in [0.1, 0.15) is 54.1 Å². The molecule has 5 rings (SSSR count). The summed E-state index contributed by atoms with van der Waals surface area (Å²) in [5, 5.41) is 3.93. The van der Waals surface area contributed by atoms with Crippen LogP contribution in [0.2, 0.25) is 0 Å². The van der Waals surface area contributed by atoms with Crippen LogP contribution < -0.4 is 10.1 Å². The van der Waals surface area contributed by atoms with Gasteiger partial charge in [-0.25, -0.2) is 0 Å². The Bertz CT molecular complexity index is 1060. The molecule has 3 aromatic rings. The van der Waals surface area contributed by atoms with Gasteiger partial charge in [0.1, 0.15) is 12.4 Å². The van der Waals surface area contributed by atoms with E-state index >= 15 is 0 Å². The summed E-state index contributed by atoms with van der Waals surface area (Å²) in [6, 6.07) is 17.4. The van der Waals surface area contributed by atoms with Gasteiger partial charge in [0.05, 0.1) is 22.9 Å². The Hall–Kier alpha value is -2.92. The van der Waals surface area contributed by atoms with Crippen LogP contribution >= 0.6 is 0 Å². The Balaban J connectivity index is 1.38. The van der Waals surface area contributed by atoms with E-state index < -0.39 is 0 Å². The van der Waals surface area contributed by atoms with Crippen LogP contribution in [0.4, 0.5) is 5.69 Å². The predicted molar refractivity (Wildman–Crippen MR) is 117 cm³/mol. The minimum atomic E-state index is -0.138. The normalized spacial score (nSPS) is 18.9. The Morgan fingerprint density at radius 1 is 1.07 bits per heavy atom. The van der Waals surface area contributed by atoms with Crippen molar-refractivity contribution in [2.45, 2.75) is 44.1 Å². The lowest BCUT2D eigenvalue weighted by molar-refractivity contribution is -0.0109. The highest BCUT2D eigenvalue weighted by atomic mass is 16.5. The summed E-state index contributed by atoms with van der Waals surface area (Å²) in [4.78, 5) is 18.0. The molecule has 1 aromatic heterocycles. The first-order valence-electron chi connectivity index (χ1n) is 10.8. The average Bonchev–Trinajstić information content (AvgIpc) is 3.64. The lowest BCUT2D eigenvalue weighted by Gasteiger charge is -2.23. The highest BCUT2D eigenvalue weighted by molar-refractivity contribution is 6.12. The smallest absolute Gasteiger partial charge is 0.256 e. The Labute approximate surface area is 176 Å². The molecule has 1 amide bonds. The van der Waals surface area contributed by atoms with E-state index in [1.807, 2.05) is 54.6 Å². The molecule has 154 valence electrons. The number of rotatable bonds is 6. The molecule has 1 saturated carbocycles. The first-order chi connectivity index (χ1) is 14.8. The van der Waals surface area contributed by atoms with Crippen LogP contribution in [-0.2, 0) is 4.74 Å². The Morgan fingerprint density at radius 3 is 2.73 bits per heavy atom. The molecule has 2 aromatic carbocycles. The van der Waals surface area contributed by atoms with Crippen molar-refractivity contribution < 1.29 is 14.3 Å². The monoisotopic (exact) mass is 402 g/mol. The van der Waals surface area contributed by atoms with E-state index in [1.54, 1.807) is 0 Å². The number of anilines is 1. The number of benzene rings is 2. The number of nitrogens with zero attached hydrogens (tertiary/aromatic N) is 1. The predicted octanol–water partition coefficient (Wildman–Crippen LogP) is 5.31. The fourth-order valence-corrected chi connectivity index (χ4v) is 3.98. The van der Waals surface area contributed by atoms with Gasteiger partial charge < -0.3 is 14.8 Å². The first kappa shape index (κ1) is 19.1. The van der Waals surface area contributed by atoms with Crippen molar-refractivity contribution in [3.05, 3.63) is 65.9 Å². The maximum Gasteiger partial charge on any atom is 0.256 e. The number of ether oxygens (including phenoxy) is 2. The molecule has 1 atom stereocenters. The summed E-state index contributed by atoms with van der Waals surface area (Å²) in [6.45, 7) is 1.29. The molecule has 0 bridgehead atoms. The molecular formula is C25H26N2O3. The van der Waals surface area contributed by atoms with Crippen molar-refractivity contribution in [2.75, 3.05) is 18.5 Å². The second kappa shape index (κ2) is 8.44. The van der Waals surface area contributed by atoms with Crippen LogP contribution in [-0.4, -0.2) is 30.2 Å². The molecule has 1 saturated heterocycles. The molecule has 1 aliphatic carbocycles. The van der Waals surface area contributed by atoms with Crippen molar-refractivity contribution in [3.63, 3.8) is 0 Å². The van der Waals surface area contributed by atoms with Crippen LogP contribution in [0.3, 0.4) is 0 Å². The Morgan fingerprint density at radius 2 is 1.90 bits per heavy atom. The molecule has 1 unspecified atom stereocenters. The summed E-state index contributed by atoms with van der Waals surface area (Å²) >= 11 is 0. The lowest BCUT2D eigenvalue weighted by atomic mass is 10.1. The van der Waals surface area contributed by atoms with Crippen LogP contribution in [0.25, 0.3) is 10.9 Å². The van der Waals surface area contributed by atoms with E-state index in [0.29, 0.717) is 29.5 Å². The summed E-state index contributed by atoms with van der Waals surface area (Å²) in [6.07, 6.45) is 5.71. The van der Waals surface area contributed by atoms with Crippen molar-refractivity contribution in [2.24, 2.45) is 0 Å². The summed E-state index contributed by atoms with van der Waals surface area (Å²) < 4.78 is 11.8. The van der Waals surface area contributed by atoms with Gasteiger partial charge in [-0.15, -0.1) is 0 Å². The Kier molecular flexibility index (Phi) is 5.37. The van der Waals surface area contributed by atoms with Gasteiger partial charge in [0, 0.05) is 23.6 Å². The molecule has 5 nitrogen and oxygen atoms in total. The van der Waals surface area contributed by atoms with Gasteiger partial charge in [0.15, 0.2) is 0 Å². The topological polar surface area (TPSA) is 60.5 Å². The number of carbonyl (C=O) groups excluding carboxylic acids is 1. The summed E-state index contributed by atoms with van der Waals surface area (Å²) in [5.41, 5.74) is 3.21. The molecule has 0 radical (unpaired) electrons. The minimum absolute atomic E-state index is 0.118. The second-order valence-electron chi connectivity index (χ2n) is 8.14. The van der Waals surface area contributed by atoms with Gasteiger partial charge in [0.2, 0.25) is 0 Å². The van der Waals surface area contributed by atoms with Crippen molar-refractivity contribution in [1.82, 2.24) is 4.98 Å². The molecule has 30 heavy (non-hydrogen) atoms. The third-order valence-corrected chi connectivity index (χ3v) is 5.81. The zero-order valence-electron chi connectivity index (χ0n) is 17.0. The number of nitrogens with one attached hydrogen (secondary N) is 1. The number of para-hydroxylation sites is 3. The quantitative estimate of drug-likeness (QED) is 0.607. The summed E-state index contributed by atoms with van der Waals surface area (Å²) in [5.74, 6) is 1.01.